The van der Waals surface area contributed by atoms with E-state index in [1.165, 1.54) is 0 Å². The molecule has 6 atom stereocenters. The molecule has 3 saturated heterocycles. The van der Waals surface area contributed by atoms with Crippen molar-refractivity contribution in [1.82, 2.24) is 9.80 Å². The lowest BCUT2D eigenvalue weighted by Crippen LogP contribution is -2.58. The van der Waals surface area contributed by atoms with Gasteiger partial charge in [0.2, 0.25) is 17.7 Å². The van der Waals surface area contributed by atoms with Crippen molar-refractivity contribution in [3.8, 4) is 0 Å². The van der Waals surface area contributed by atoms with Gasteiger partial charge in [0.25, 0.3) is 0 Å². The van der Waals surface area contributed by atoms with Crippen LogP contribution in [-0.4, -0.2) is 80.4 Å². The van der Waals surface area contributed by atoms with Crippen molar-refractivity contribution < 1.29 is 19.5 Å². The third-order valence-electron chi connectivity index (χ3n) is 8.48. The van der Waals surface area contributed by atoms with Gasteiger partial charge in [-0.1, -0.05) is 44.2 Å². The molecule has 1 aromatic rings. The van der Waals surface area contributed by atoms with E-state index in [0.29, 0.717) is 25.9 Å². The van der Waals surface area contributed by atoms with Crippen molar-refractivity contribution in [1.29, 1.82) is 0 Å². The summed E-state index contributed by atoms with van der Waals surface area (Å²) in [6.07, 6.45) is 5.47. The lowest BCUT2D eigenvalue weighted by atomic mass is 9.70. The molecule has 1 spiro atoms. The van der Waals surface area contributed by atoms with Gasteiger partial charge in [-0.3, -0.25) is 14.4 Å². The molecule has 8 heteroatoms. The van der Waals surface area contributed by atoms with Crippen LogP contribution in [0, 0.1) is 17.8 Å². The number of carbonyl (C=O) groups excluding carboxylic acids is 3. The molecule has 3 amide bonds. The van der Waals surface area contributed by atoms with Crippen LogP contribution in [0.2, 0.25) is 0 Å². The molecule has 4 rings (SSSR count). The second-order valence-electron chi connectivity index (χ2n) is 11.7. The van der Waals surface area contributed by atoms with E-state index >= 15 is 0 Å². The van der Waals surface area contributed by atoms with Crippen LogP contribution in [0.4, 0.5) is 5.69 Å². The topological polar surface area (TPSA) is 81.2 Å². The highest BCUT2D eigenvalue weighted by molar-refractivity contribution is 8.02. The number of nitrogens with zero attached hydrogens (tertiary/aromatic N) is 3. The number of amides is 3. The Balaban J connectivity index is 1.80. The van der Waals surface area contributed by atoms with E-state index in [0.717, 1.165) is 12.1 Å². The molecule has 3 heterocycles. The van der Waals surface area contributed by atoms with E-state index in [9.17, 15) is 19.5 Å². The summed E-state index contributed by atoms with van der Waals surface area (Å²) in [4.78, 5) is 48.3. The third kappa shape index (κ3) is 5.06. The highest BCUT2D eigenvalue weighted by atomic mass is 32.2. The molecule has 3 aliphatic rings. The number of likely N-dealkylation sites (tertiary alicyclic amines) is 1. The Labute approximate surface area is 237 Å². The van der Waals surface area contributed by atoms with Gasteiger partial charge < -0.3 is 19.8 Å². The van der Waals surface area contributed by atoms with E-state index in [1.54, 1.807) is 38.6 Å². The number of rotatable bonds is 12. The summed E-state index contributed by atoms with van der Waals surface area (Å²) in [5.74, 6) is -1.31. The Kier molecular flexibility index (Phi) is 8.96. The van der Waals surface area contributed by atoms with Gasteiger partial charge in [-0.25, -0.2) is 0 Å². The molecule has 1 aromatic carbocycles. The lowest BCUT2D eigenvalue weighted by Gasteiger charge is -2.41. The van der Waals surface area contributed by atoms with E-state index in [-0.39, 0.29) is 41.5 Å². The Morgan fingerprint density at radius 3 is 2.36 bits per heavy atom. The predicted octanol–water partition coefficient (Wildman–Crippen LogP) is 4.13. The summed E-state index contributed by atoms with van der Waals surface area (Å²) in [6, 6.07) is 8.19. The summed E-state index contributed by atoms with van der Waals surface area (Å²) < 4.78 is -0.700. The Morgan fingerprint density at radius 1 is 1.13 bits per heavy atom. The molecule has 0 saturated carbocycles. The zero-order chi connectivity index (χ0) is 28.5. The summed E-state index contributed by atoms with van der Waals surface area (Å²) in [6.45, 7) is 16.2. The first-order valence-electron chi connectivity index (χ1n) is 14.1. The highest BCUT2D eigenvalue weighted by Gasteiger charge is 2.74. The molecule has 0 aliphatic carbocycles. The number of aliphatic hydroxyl groups is 1. The molecule has 212 valence electrons. The zero-order valence-corrected chi connectivity index (χ0v) is 24.5. The SMILES string of the molecule is C=CCN(C(=O)[C@@H]1[C@@H]2CCC3(S2)C(C(=O)N(CC=C)C(C)C)N([C@@H](CO)CC(C)C)C(=O)[C@H]13)c1ccccc1. The Morgan fingerprint density at radius 2 is 1.79 bits per heavy atom. The minimum Gasteiger partial charge on any atom is -0.394 e. The van der Waals surface area contributed by atoms with Crippen LogP contribution >= 0.6 is 11.8 Å². The van der Waals surface area contributed by atoms with Crippen LogP contribution in [0.1, 0.15) is 47.0 Å². The number of carbonyl (C=O) groups is 3. The molecule has 7 nitrogen and oxygen atoms in total. The van der Waals surface area contributed by atoms with Gasteiger partial charge in [0.15, 0.2) is 0 Å². The van der Waals surface area contributed by atoms with Crippen LogP contribution in [0.3, 0.4) is 0 Å². The summed E-state index contributed by atoms with van der Waals surface area (Å²) in [5, 5.41) is 10.5. The van der Waals surface area contributed by atoms with Crippen molar-refractivity contribution in [3.63, 3.8) is 0 Å². The number of para-hydroxylation sites is 1. The molecular weight excluding hydrogens is 510 g/mol. The van der Waals surface area contributed by atoms with Gasteiger partial charge in [-0.15, -0.1) is 24.9 Å². The fraction of sp³-hybridized carbons (Fsp3) is 0.581. The molecule has 0 radical (unpaired) electrons. The zero-order valence-electron chi connectivity index (χ0n) is 23.7. The standard InChI is InChI=1S/C31H43N3O4S/c1-7-16-32(21(5)6)30(38)27-31-15-14-24(39-31)25(26(31)29(37)34(27)23(19-35)18-20(3)4)28(36)33(17-8-2)22-12-10-9-11-13-22/h7-13,20-21,23-27,35H,1-2,14-19H2,3-6H3/t23-,24+,25-,26+,27?,31?/m1/s1. The van der Waals surface area contributed by atoms with Crippen molar-refractivity contribution in [2.75, 3.05) is 24.6 Å². The predicted molar refractivity (Wildman–Crippen MR) is 157 cm³/mol. The first kappa shape index (κ1) is 29.4. The monoisotopic (exact) mass is 553 g/mol. The number of benzene rings is 1. The third-order valence-corrected chi connectivity index (χ3v) is 10.4. The Hall–Kier alpha value is -2.58. The maximum Gasteiger partial charge on any atom is 0.247 e. The molecule has 39 heavy (non-hydrogen) atoms. The van der Waals surface area contributed by atoms with Gasteiger partial charge >= 0.3 is 0 Å². The fourth-order valence-electron chi connectivity index (χ4n) is 6.96. The number of aliphatic hydroxyl groups excluding tert-OH is 1. The van der Waals surface area contributed by atoms with E-state index in [1.807, 2.05) is 44.2 Å². The smallest absolute Gasteiger partial charge is 0.247 e. The first-order chi connectivity index (χ1) is 18.6. The second-order valence-corrected chi connectivity index (χ2v) is 13.3. The fourth-order valence-corrected chi connectivity index (χ4v) is 9.15. The second kappa shape index (κ2) is 11.9. The Bertz CT molecular complexity index is 1090. The van der Waals surface area contributed by atoms with E-state index in [2.05, 4.69) is 27.0 Å². The minimum absolute atomic E-state index is 0.0375. The summed E-state index contributed by atoms with van der Waals surface area (Å²) >= 11 is 1.66. The summed E-state index contributed by atoms with van der Waals surface area (Å²) in [7, 11) is 0. The summed E-state index contributed by atoms with van der Waals surface area (Å²) in [5.41, 5.74) is 0.768. The molecular formula is C31H43N3O4S. The van der Waals surface area contributed by atoms with Gasteiger partial charge in [0.1, 0.15) is 6.04 Å². The normalized spacial score (nSPS) is 28.1. The number of hydrogen-bond acceptors (Lipinski definition) is 5. The molecule has 1 N–H and O–H groups in total. The number of thioether (sulfide) groups is 1. The molecule has 2 bridgehead atoms. The number of hydrogen-bond donors (Lipinski definition) is 1. The van der Waals surface area contributed by atoms with Crippen molar-refractivity contribution in [2.24, 2.45) is 17.8 Å². The van der Waals surface area contributed by atoms with E-state index < -0.39 is 28.7 Å². The van der Waals surface area contributed by atoms with Crippen LogP contribution in [-0.2, 0) is 14.4 Å². The lowest BCUT2D eigenvalue weighted by molar-refractivity contribution is -0.146. The molecule has 3 fully saturated rings. The molecule has 2 unspecified atom stereocenters. The largest absolute Gasteiger partial charge is 0.394 e. The highest BCUT2D eigenvalue weighted by Crippen LogP contribution is 2.67. The molecule has 0 aromatic heterocycles. The first-order valence-corrected chi connectivity index (χ1v) is 15.0. The van der Waals surface area contributed by atoms with Crippen molar-refractivity contribution in [2.45, 2.75) is 75.1 Å². The van der Waals surface area contributed by atoms with Crippen LogP contribution in [0.5, 0.6) is 0 Å². The van der Waals surface area contributed by atoms with Crippen LogP contribution < -0.4 is 4.90 Å². The van der Waals surface area contributed by atoms with Gasteiger partial charge in [-0.2, -0.15) is 0 Å². The van der Waals surface area contributed by atoms with Gasteiger partial charge in [-0.05, 0) is 51.2 Å². The number of anilines is 1. The van der Waals surface area contributed by atoms with Crippen molar-refractivity contribution in [3.05, 3.63) is 55.6 Å². The van der Waals surface area contributed by atoms with Crippen LogP contribution in [0.15, 0.2) is 55.6 Å². The average Bonchev–Trinajstić information content (AvgIpc) is 3.56. The minimum atomic E-state index is -0.731. The van der Waals surface area contributed by atoms with Crippen LogP contribution in [0.25, 0.3) is 0 Å². The maximum atomic E-state index is 14.5. The molecule has 3 aliphatic heterocycles. The van der Waals surface area contributed by atoms with Gasteiger partial charge in [0.05, 0.1) is 29.2 Å². The van der Waals surface area contributed by atoms with E-state index in [4.69, 9.17) is 0 Å². The average molecular weight is 554 g/mol. The number of fused-ring (bicyclic) bond motifs is 1. The van der Waals surface area contributed by atoms with Gasteiger partial charge in [0, 0.05) is 30.1 Å². The van der Waals surface area contributed by atoms with Crippen molar-refractivity contribution >= 4 is 35.2 Å². The quantitative estimate of drug-likeness (QED) is 0.394. The maximum absolute atomic E-state index is 14.5.